The maximum Gasteiger partial charge on any atom is 0.101 e. The molecule has 0 radical (unpaired) electrons. The molecular formula is C14H12N2OS. The van der Waals surface area contributed by atoms with Crippen molar-refractivity contribution in [2.75, 3.05) is 0 Å². The molecule has 0 amide bonds. The van der Waals surface area contributed by atoms with Crippen LogP contribution in [-0.4, -0.2) is 15.1 Å². The van der Waals surface area contributed by atoms with Crippen LogP contribution in [0.3, 0.4) is 0 Å². The number of benzene rings is 1. The summed E-state index contributed by atoms with van der Waals surface area (Å²) in [6.07, 6.45) is 1.78. The molecule has 1 N–H and O–H groups in total. The second kappa shape index (κ2) is 4.84. The van der Waals surface area contributed by atoms with E-state index in [2.05, 4.69) is 9.97 Å². The van der Waals surface area contributed by atoms with Gasteiger partial charge in [-0.25, -0.2) is 0 Å². The molecule has 1 aromatic carbocycles. The van der Waals surface area contributed by atoms with Crippen LogP contribution in [0.4, 0.5) is 0 Å². The Morgan fingerprint density at radius 2 is 2.06 bits per heavy atom. The Bertz CT molecular complexity index is 652. The Kier molecular flexibility index (Phi) is 3.04. The summed E-state index contributed by atoms with van der Waals surface area (Å²) in [5, 5.41) is 11.3. The van der Waals surface area contributed by atoms with Crippen LogP contribution < -0.4 is 0 Å². The summed E-state index contributed by atoms with van der Waals surface area (Å²) in [7, 11) is 0. The highest BCUT2D eigenvalue weighted by Gasteiger charge is 2.11. The topological polar surface area (TPSA) is 46.0 Å². The zero-order valence-corrected chi connectivity index (χ0v) is 10.5. The second-order valence-electron chi connectivity index (χ2n) is 4.12. The molecule has 1 atom stereocenters. The lowest BCUT2D eigenvalue weighted by Gasteiger charge is -2.09. The highest BCUT2D eigenvalue weighted by Crippen LogP contribution is 2.21. The van der Waals surface area contributed by atoms with Crippen LogP contribution >= 0.6 is 11.3 Å². The normalized spacial score (nSPS) is 12.7. The second-order valence-corrected chi connectivity index (χ2v) is 5.09. The van der Waals surface area contributed by atoms with E-state index < -0.39 is 6.10 Å². The number of rotatable bonds is 3. The van der Waals surface area contributed by atoms with Crippen molar-refractivity contribution < 1.29 is 5.11 Å². The number of fused-ring (bicyclic) bond motifs is 1. The molecule has 0 saturated carbocycles. The molecule has 18 heavy (non-hydrogen) atoms. The van der Waals surface area contributed by atoms with E-state index in [0.717, 1.165) is 15.8 Å². The fourth-order valence-corrected chi connectivity index (χ4v) is 2.54. The molecule has 0 aliphatic heterocycles. The van der Waals surface area contributed by atoms with Crippen molar-refractivity contribution in [2.24, 2.45) is 0 Å². The molecular weight excluding hydrogens is 244 g/mol. The number of hydrogen-bond acceptors (Lipinski definition) is 4. The summed E-state index contributed by atoms with van der Waals surface area (Å²) in [5.41, 5.74) is 3.40. The smallest absolute Gasteiger partial charge is 0.101 e. The molecule has 3 nitrogen and oxygen atoms in total. The van der Waals surface area contributed by atoms with Gasteiger partial charge in [0, 0.05) is 22.9 Å². The molecule has 0 fully saturated rings. The predicted molar refractivity (Wildman–Crippen MR) is 72.5 cm³/mol. The minimum absolute atomic E-state index is 0.565. The Morgan fingerprint density at radius 1 is 1.17 bits per heavy atom. The third kappa shape index (κ3) is 2.25. The predicted octanol–water partition coefficient (Wildman–Crippen LogP) is 2.97. The van der Waals surface area contributed by atoms with Crippen LogP contribution in [0.15, 0.2) is 48.1 Å². The number of aliphatic hydroxyl groups is 1. The van der Waals surface area contributed by atoms with Gasteiger partial charge in [0.05, 0.1) is 16.7 Å². The minimum Gasteiger partial charge on any atom is -0.386 e. The summed E-state index contributed by atoms with van der Waals surface area (Å²) in [5.74, 6) is 0. The van der Waals surface area contributed by atoms with E-state index in [1.807, 2.05) is 36.4 Å². The van der Waals surface area contributed by atoms with Crippen molar-refractivity contribution >= 4 is 22.2 Å². The minimum atomic E-state index is -0.574. The summed E-state index contributed by atoms with van der Waals surface area (Å²) >= 11 is 1.55. The monoisotopic (exact) mass is 256 g/mol. The van der Waals surface area contributed by atoms with E-state index >= 15 is 0 Å². The van der Waals surface area contributed by atoms with Crippen molar-refractivity contribution in [3.63, 3.8) is 0 Å². The van der Waals surface area contributed by atoms with Gasteiger partial charge in [0.2, 0.25) is 0 Å². The number of aliphatic hydroxyl groups excluding tert-OH is 1. The molecule has 4 heteroatoms. The SMILES string of the molecule is OC(Cc1cncs1)c1ccc2ccccc2n1. The lowest BCUT2D eigenvalue weighted by molar-refractivity contribution is 0.175. The third-order valence-corrected chi connectivity index (χ3v) is 3.64. The Balaban J connectivity index is 1.89. The van der Waals surface area contributed by atoms with E-state index in [4.69, 9.17) is 0 Å². The molecule has 0 aliphatic carbocycles. The molecule has 1 unspecified atom stereocenters. The Labute approximate surface area is 109 Å². The van der Waals surface area contributed by atoms with Gasteiger partial charge in [-0.05, 0) is 12.1 Å². The maximum absolute atomic E-state index is 10.2. The van der Waals surface area contributed by atoms with Gasteiger partial charge in [-0.15, -0.1) is 11.3 Å². The lowest BCUT2D eigenvalue weighted by Crippen LogP contribution is -2.03. The fraction of sp³-hybridized carbons (Fsp3) is 0.143. The molecule has 3 aromatic rings. The third-order valence-electron chi connectivity index (χ3n) is 2.84. The van der Waals surface area contributed by atoms with Gasteiger partial charge in [0.1, 0.15) is 6.10 Å². The summed E-state index contributed by atoms with van der Waals surface area (Å²) in [6, 6.07) is 11.8. The van der Waals surface area contributed by atoms with Crippen LogP contribution in [0.25, 0.3) is 10.9 Å². The van der Waals surface area contributed by atoms with E-state index in [0.29, 0.717) is 12.1 Å². The zero-order valence-electron chi connectivity index (χ0n) is 9.65. The first-order valence-corrected chi connectivity index (χ1v) is 6.62. The number of para-hydroxylation sites is 1. The van der Waals surface area contributed by atoms with E-state index in [1.165, 1.54) is 0 Å². The van der Waals surface area contributed by atoms with Crippen molar-refractivity contribution in [3.8, 4) is 0 Å². The number of thiazole rings is 1. The summed E-state index contributed by atoms with van der Waals surface area (Å²) in [6.45, 7) is 0. The van der Waals surface area contributed by atoms with Gasteiger partial charge in [0.15, 0.2) is 0 Å². The highest BCUT2D eigenvalue weighted by molar-refractivity contribution is 7.09. The van der Waals surface area contributed by atoms with Crippen LogP contribution in [0.1, 0.15) is 16.7 Å². The number of nitrogens with zero attached hydrogens (tertiary/aromatic N) is 2. The van der Waals surface area contributed by atoms with E-state index in [9.17, 15) is 5.11 Å². The van der Waals surface area contributed by atoms with Crippen LogP contribution in [0.2, 0.25) is 0 Å². The summed E-state index contributed by atoms with van der Waals surface area (Å²) < 4.78 is 0. The molecule has 2 aromatic heterocycles. The first-order chi connectivity index (χ1) is 8.83. The van der Waals surface area contributed by atoms with Crippen LogP contribution in [0, 0.1) is 0 Å². The molecule has 3 rings (SSSR count). The van der Waals surface area contributed by atoms with Gasteiger partial charge in [-0.1, -0.05) is 24.3 Å². The lowest BCUT2D eigenvalue weighted by atomic mass is 10.1. The first-order valence-electron chi connectivity index (χ1n) is 5.74. The van der Waals surface area contributed by atoms with Crippen molar-refractivity contribution in [3.05, 3.63) is 58.7 Å². The number of hydrogen-bond donors (Lipinski definition) is 1. The van der Waals surface area contributed by atoms with E-state index in [-0.39, 0.29) is 0 Å². The van der Waals surface area contributed by atoms with Gasteiger partial charge in [0.25, 0.3) is 0 Å². The first kappa shape index (κ1) is 11.3. The number of pyridine rings is 1. The Hall–Kier alpha value is -1.78. The van der Waals surface area contributed by atoms with Gasteiger partial charge < -0.3 is 5.11 Å². The Morgan fingerprint density at radius 3 is 2.89 bits per heavy atom. The average molecular weight is 256 g/mol. The van der Waals surface area contributed by atoms with Gasteiger partial charge in [-0.3, -0.25) is 9.97 Å². The van der Waals surface area contributed by atoms with Crippen molar-refractivity contribution in [1.82, 2.24) is 9.97 Å². The van der Waals surface area contributed by atoms with Crippen LogP contribution in [-0.2, 0) is 6.42 Å². The van der Waals surface area contributed by atoms with Crippen LogP contribution in [0.5, 0.6) is 0 Å². The highest BCUT2D eigenvalue weighted by atomic mass is 32.1. The molecule has 2 heterocycles. The zero-order chi connectivity index (χ0) is 12.4. The fourth-order valence-electron chi connectivity index (χ4n) is 1.91. The molecule has 90 valence electrons. The molecule has 0 bridgehead atoms. The maximum atomic E-state index is 10.2. The molecule has 0 saturated heterocycles. The quantitative estimate of drug-likeness (QED) is 0.783. The standard InChI is InChI=1S/C14H12N2OS/c17-14(7-11-8-15-9-18-11)13-6-5-10-3-1-2-4-12(10)16-13/h1-6,8-9,14,17H,7H2. The van der Waals surface area contributed by atoms with Crippen molar-refractivity contribution in [2.45, 2.75) is 12.5 Å². The molecule has 0 aliphatic rings. The summed E-state index contributed by atoms with van der Waals surface area (Å²) in [4.78, 5) is 9.56. The average Bonchev–Trinajstić information content (AvgIpc) is 2.91. The van der Waals surface area contributed by atoms with E-state index in [1.54, 1.807) is 23.0 Å². The largest absolute Gasteiger partial charge is 0.386 e. The van der Waals surface area contributed by atoms with Gasteiger partial charge >= 0.3 is 0 Å². The van der Waals surface area contributed by atoms with Crippen molar-refractivity contribution in [1.29, 1.82) is 0 Å². The number of aromatic nitrogens is 2. The molecule has 0 spiro atoms. The van der Waals surface area contributed by atoms with Gasteiger partial charge in [-0.2, -0.15) is 0 Å².